The molecule has 0 bridgehead atoms. The van der Waals surface area contributed by atoms with Crippen molar-refractivity contribution in [2.75, 3.05) is 13.1 Å². The van der Waals surface area contributed by atoms with Crippen LogP contribution in [0.1, 0.15) is 35.8 Å². The molecule has 3 fully saturated rings. The second kappa shape index (κ2) is 7.90. The first-order valence-corrected chi connectivity index (χ1v) is 10.8. The highest BCUT2D eigenvalue weighted by atomic mass is 16.3. The summed E-state index contributed by atoms with van der Waals surface area (Å²) in [5.41, 5.74) is 2.61. The number of aliphatic hydroxyl groups is 1. The SMILES string of the molecule is O=C(N[C@H]1C[C@@H]1c1ccccc1)[C@@H]1CNC[C@H]1C(O)N[C@H]1C[C@@H]1c1ccccc1. The maximum Gasteiger partial charge on any atom is 0.225 e. The Kier molecular flexibility index (Phi) is 5.12. The summed E-state index contributed by atoms with van der Waals surface area (Å²) in [7, 11) is 0. The minimum atomic E-state index is -0.663. The van der Waals surface area contributed by atoms with E-state index in [1.54, 1.807) is 0 Å². The van der Waals surface area contributed by atoms with E-state index in [1.807, 2.05) is 24.3 Å². The molecule has 5 heteroatoms. The second-order valence-corrected chi connectivity index (χ2v) is 8.77. The molecule has 2 aliphatic carbocycles. The van der Waals surface area contributed by atoms with Gasteiger partial charge < -0.3 is 15.7 Å². The molecule has 7 atom stereocenters. The van der Waals surface area contributed by atoms with Gasteiger partial charge in [-0.3, -0.25) is 10.1 Å². The zero-order valence-electron chi connectivity index (χ0n) is 16.5. The highest BCUT2D eigenvalue weighted by molar-refractivity contribution is 5.80. The molecule has 0 spiro atoms. The first-order chi connectivity index (χ1) is 14.2. The van der Waals surface area contributed by atoms with Crippen molar-refractivity contribution in [3.8, 4) is 0 Å². The molecule has 2 aromatic carbocycles. The molecule has 5 rings (SSSR count). The molecule has 1 aliphatic heterocycles. The molecule has 1 saturated heterocycles. The van der Waals surface area contributed by atoms with Crippen molar-refractivity contribution in [2.24, 2.45) is 11.8 Å². The van der Waals surface area contributed by atoms with Crippen molar-refractivity contribution < 1.29 is 9.90 Å². The average Bonchev–Trinajstić information content (AvgIpc) is 3.65. The molecule has 5 nitrogen and oxygen atoms in total. The molecule has 1 amide bonds. The van der Waals surface area contributed by atoms with Gasteiger partial charge in [0.1, 0.15) is 6.23 Å². The summed E-state index contributed by atoms with van der Waals surface area (Å²) in [5.74, 6) is 0.670. The Hall–Kier alpha value is -2.21. The quantitative estimate of drug-likeness (QED) is 0.545. The number of amides is 1. The smallest absolute Gasteiger partial charge is 0.225 e. The molecule has 0 aromatic heterocycles. The van der Waals surface area contributed by atoms with Gasteiger partial charge in [-0.15, -0.1) is 0 Å². The topological polar surface area (TPSA) is 73.4 Å². The van der Waals surface area contributed by atoms with E-state index in [0.29, 0.717) is 31.0 Å². The summed E-state index contributed by atoms with van der Waals surface area (Å²) in [4.78, 5) is 12.9. The van der Waals surface area contributed by atoms with Crippen LogP contribution in [0, 0.1) is 11.8 Å². The number of nitrogens with one attached hydrogen (secondary N) is 3. The summed E-state index contributed by atoms with van der Waals surface area (Å²) in [6, 6.07) is 21.3. The first kappa shape index (κ1) is 18.8. The van der Waals surface area contributed by atoms with Gasteiger partial charge >= 0.3 is 0 Å². The van der Waals surface area contributed by atoms with Gasteiger partial charge in [0.05, 0.1) is 5.92 Å². The van der Waals surface area contributed by atoms with Gasteiger partial charge in [-0.1, -0.05) is 60.7 Å². The van der Waals surface area contributed by atoms with Gasteiger partial charge in [0.2, 0.25) is 5.91 Å². The van der Waals surface area contributed by atoms with E-state index in [4.69, 9.17) is 0 Å². The van der Waals surface area contributed by atoms with E-state index < -0.39 is 6.23 Å². The van der Waals surface area contributed by atoms with Gasteiger partial charge in [0.15, 0.2) is 0 Å². The van der Waals surface area contributed by atoms with E-state index in [1.165, 1.54) is 11.1 Å². The first-order valence-electron chi connectivity index (χ1n) is 10.8. The van der Waals surface area contributed by atoms with Gasteiger partial charge in [-0.25, -0.2) is 0 Å². The Bertz CT molecular complexity index is 844. The Morgan fingerprint density at radius 1 is 0.897 bits per heavy atom. The van der Waals surface area contributed by atoms with Gasteiger partial charge in [-0.05, 0) is 24.0 Å². The highest BCUT2D eigenvalue weighted by Crippen LogP contribution is 2.42. The van der Waals surface area contributed by atoms with Crippen molar-refractivity contribution in [3.63, 3.8) is 0 Å². The number of aliphatic hydroxyl groups excluding tert-OH is 1. The van der Waals surface area contributed by atoms with Crippen LogP contribution in [0.2, 0.25) is 0 Å². The third-order valence-electron chi connectivity index (χ3n) is 6.75. The highest BCUT2D eigenvalue weighted by Gasteiger charge is 2.46. The average molecular weight is 392 g/mol. The summed E-state index contributed by atoms with van der Waals surface area (Å²) in [5, 5.41) is 20.7. The largest absolute Gasteiger partial charge is 0.378 e. The minimum Gasteiger partial charge on any atom is -0.378 e. The molecule has 4 N–H and O–H groups in total. The minimum absolute atomic E-state index is 0.0692. The molecular formula is C24H29N3O2. The second-order valence-electron chi connectivity index (χ2n) is 8.77. The van der Waals surface area contributed by atoms with Crippen LogP contribution >= 0.6 is 0 Å². The number of carbonyl (C=O) groups is 1. The summed E-state index contributed by atoms with van der Waals surface area (Å²) < 4.78 is 0. The Labute approximate surface area is 171 Å². The normalized spacial score (nSPS) is 33.8. The van der Waals surface area contributed by atoms with Gasteiger partial charge in [-0.2, -0.15) is 0 Å². The van der Waals surface area contributed by atoms with Crippen LogP contribution in [0.5, 0.6) is 0 Å². The lowest BCUT2D eigenvalue weighted by Crippen LogP contribution is -2.46. The summed E-state index contributed by atoms with van der Waals surface area (Å²) >= 11 is 0. The van der Waals surface area contributed by atoms with Crippen LogP contribution in [0.4, 0.5) is 0 Å². The number of hydrogen-bond acceptors (Lipinski definition) is 4. The van der Waals surface area contributed by atoms with Gasteiger partial charge in [0.25, 0.3) is 0 Å². The van der Waals surface area contributed by atoms with Crippen molar-refractivity contribution >= 4 is 5.91 Å². The van der Waals surface area contributed by atoms with Crippen molar-refractivity contribution in [1.29, 1.82) is 0 Å². The molecule has 0 radical (unpaired) electrons. The van der Waals surface area contributed by atoms with Crippen LogP contribution in [-0.4, -0.2) is 42.4 Å². The standard InChI is InChI=1S/C24H29N3O2/c28-23(26-21-11-17(21)15-7-3-1-4-8-15)19-13-25-14-20(19)24(29)27-22-12-18(22)16-9-5-2-6-10-16/h1-10,17-23,25-26,28H,11-14H2,(H,27,29)/t17-,18-,19-,20-,21+,22+,23?/m1/s1. The Morgan fingerprint density at radius 2 is 1.48 bits per heavy atom. The van der Waals surface area contributed by atoms with E-state index in [-0.39, 0.29) is 23.8 Å². The lowest BCUT2D eigenvalue weighted by atomic mass is 9.93. The molecule has 3 aliphatic rings. The fourth-order valence-electron chi connectivity index (χ4n) is 4.82. The van der Waals surface area contributed by atoms with Crippen molar-refractivity contribution in [3.05, 3.63) is 71.8 Å². The third-order valence-corrected chi connectivity index (χ3v) is 6.75. The molecule has 152 valence electrons. The van der Waals surface area contributed by atoms with Crippen molar-refractivity contribution in [1.82, 2.24) is 16.0 Å². The number of hydrogen-bond donors (Lipinski definition) is 4. The predicted molar refractivity (Wildman–Crippen MR) is 112 cm³/mol. The lowest BCUT2D eigenvalue weighted by Gasteiger charge is -2.24. The molecule has 2 aromatic rings. The zero-order valence-corrected chi connectivity index (χ0v) is 16.5. The summed E-state index contributed by atoms with van der Waals surface area (Å²) in [6.07, 6.45) is 1.38. The van der Waals surface area contributed by atoms with E-state index >= 15 is 0 Å². The van der Waals surface area contributed by atoms with E-state index in [9.17, 15) is 9.90 Å². The molecule has 29 heavy (non-hydrogen) atoms. The Morgan fingerprint density at radius 3 is 2.14 bits per heavy atom. The fourth-order valence-corrected chi connectivity index (χ4v) is 4.82. The van der Waals surface area contributed by atoms with E-state index in [0.717, 1.165) is 12.8 Å². The van der Waals surface area contributed by atoms with Gasteiger partial charge in [0, 0.05) is 42.9 Å². The monoisotopic (exact) mass is 391 g/mol. The number of carbonyl (C=O) groups excluding carboxylic acids is 1. The maximum atomic E-state index is 12.9. The predicted octanol–water partition coefficient (Wildman–Crippen LogP) is 1.96. The molecule has 2 saturated carbocycles. The molecule has 1 unspecified atom stereocenters. The molecule has 1 heterocycles. The van der Waals surface area contributed by atoms with E-state index in [2.05, 4.69) is 52.3 Å². The van der Waals surface area contributed by atoms with Crippen LogP contribution in [0.15, 0.2) is 60.7 Å². The molecular weight excluding hydrogens is 362 g/mol. The maximum absolute atomic E-state index is 12.9. The zero-order chi connectivity index (χ0) is 19.8. The fraction of sp³-hybridized carbons (Fsp3) is 0.458. The summed E-state index contributed by atoms with van der Waals surface area (Å²) in [6.45, 7) is 1.30. The van der Waals surface area contributed by atoms with Crippen LogP contribution < -0.4 is 16.0 Å². The van der Waals surface area contributed by atoms with Crippen LogP contribution in [0.3, 0.4) is 0 Å². The van der Waals surface area contributed by atoms with Crippen LogP contribution in [-0.2, 0) is 4.79 Å². The van der Waals surface area contributed by atoms with Crippen LogP contribution in [0.25, 0.3) is 0 Å². The van der Waals surface area contributed by atoms with Crippen molar-refractivity contribution in [2.45, 2.75) is 43.0 Å². The Balaban J connectivity index is 1.14. The number of benzene rings is 2. The third kappa shape index (κ3) is 4.08. The lowest BCUT2D eigenvalue weighted by molar-refractivity contribution is -0.127. The number of rotatable bonds is 7.